The number of imidazole rings is 1. The monoisotopic (exact) mass is 305 g/mol. The van der Waals surface area contributed by atoms with E-state index in [1.165, 1.54) is 0 Å². The van der Waals surface area contributed by atoms with Crippen molar-refractivity contribution >= 4 is 24.2 Å². The molecule has 0 unspecified atom stereocenters. The molecule has 0 amide bonds. The Labute approximate surface area is 129 Å². The van der Waals surface area contributed by atoms with Crippen molar-refractivity contribution < 1.29 is 9.31 Å². The minimum atomic E-state index is -0.461. The molecule has 21 heavy (non-hydrogen) atoms. The largest absolute Gasteiger partial charge is 0.496 e. The van der Waals surface area contributed by atoms with Gasteiger partial charge in [0.15, 0.2) is 5.82 Å². The second-order valence-electron chi connectivity index (χ2n) is 6.13. The second kappa shape index (κ2) is 4.83. The lowest BCUT2D eigenvalue weighted by atomic mass is 9.80. The molecule has 0 bridgehead atoms. The quantitative estimate of drug-likeness (QED) is 0.798. The smallest absolute Gasteiger partial charge is 0.399 e. The van der Waals surface area contributed by atoms with E-state index in [0.29, 0.717) is 10.8 Å². The van der Waals surface area contributed by atoms with Crippen molar-refractivity contribution in [3.05, 3.63) is 36.0 Å². The molecule has 0 atom stereocenters. The third-order valence-corrected chi connectivity index (χ3v) is 4.40. The van der Waals surface area contributed by atoms with E-state index in [1.54, 1.807) is 29.5 Å². The first-order valence-corrected chi connectivity index (χ1v) is 7.17. The summed E-state index contributed by atoms with van der Waals surface area (Å²) < 4.78 is 13.8. The van der Waals surface area contributed by atoms with Crippen molar-refractivity contribution in [2.75, 3.05) is 0 Å². The lowest BCUT2D eigenvalue weighted by Crippen LogP contribution is -2.41. The minimum absolute atomic E-state index is 0.382. The lowest BCUT2D eigenvalue weighted by Gasteiger charge is -2.32. The summed E-state index contributed by atoms with van der Waals surface area (Å²) >= 11 is 6.32. The molecule has 0 radical (unpaired) electrons. The predicted octanol–water partition coefficient (Wildman–Crippen LogP) is 2.22. The average Bonchev–Trinajstić information content (AvgIpc) is 2.96. The number of hydrogen-bond acceptors (Lipinski definition) is 4. The molecule has 0 saturated carbocycles. The molecule has 0 N–H and O–H groups in total. The Bertz CT molecular complexity index is 642. The maximum Gasteiger partial charge on any atom is 0.496 e. The Morgan fingerprint density at radius 1 is 1.19 bits per heavy atom. The van der Waals surface area contributed by atoms with Gasteiger partial charge in [0.1, 0.15) is 6.33 Å². The molecular formula is C14H17BClN3O2. The molecule has 1 fully saturated rings. The fourth-order valence-corrected chi connectivity index (χ4v) is 2.40. The maximum atomic E-state index is 6.32. The van der Waals surface area contributed by atoms with Crippen LogP contribution in [0.4, 0.5) is 0 Å². The molecule has 1 aliphatic heterocycles. The molecular weight excluding hydrogens is 288 g/mol. The van der Waals surface area contributed by atoms with Crippen LogP contribution in [0.1, 0.15) is 27.7 Å². The second-order valence-corrected chi connectivity index (χ2v) is 6.54. The molecule has 2 aromatic heterocycles. The van der Waals surface area contributed by atoms with Gasteiger partial charge in [-0.15, -0.1) is 0 Å². The van der Waals surface area contributed by atoms with Crippen molar-refractivity contribution in [3.8, 4) is 5.82 Å². The number of rotatable bonds is 2. The summed E-state index contributed by atoms with van der Waals surface area (Å²) in [5.74, 6) is 0.634. The van der Waals surface area contributed by atoms with Crippen LogP contribution >= 0.6 is 11.6 Å². The highest BCUT2D eigenvalue weighted by Crippen LogP contribution is 2.36. The number of halogens is 1. The van der Waals surface area contributed by atoms with Gasteiger partial charge in [0.25, 0.3) is 0 Å². The standard InChI is InChI=1S/C14H17BClN3O2/c1-13(2)14(3,4)21-15(20-13)10-7-11(16)12(18-8-10)19-6-5-17-9-19/h5-9H,1-4H3. The van der Waals surface area contributed by atoms with Crippen LogP contribution in [0.15, 0.2) is 31.0 Å². The van der Waals surface area contributed by atoms with E-state index in [2.05, 4.69) is 9.97 Å². The van der Waals surface area contributed by atoms with Crippen LogP contribution in [0.25, 0.3) is 5.82 Å². The summed E-state index contributed by atoms with van der Waals surface area (Å²) in [5.41, 5.74) is 0.0443. The van der Waals surface area contributed by atoms with Gasteiger partial charge in [-0.1, -0.05) is 11.6 Å². The van der Waals surface area contributed by atoms with Crippen LogP contribution in [0.5, 0.6) is 0 Å². The van der Waals surface area contributed by atoms with E-state index in [0.717, 1.165) is 5.46 Å². The number of hydrogen-bond donors (Lipinski definition) is 0. The Morgan fingerprint density at radius 3 is 2.38 bits per heavy atom. The van der Waals surface area contributed by atoms with Crippen molar-refractivity contribution in [2.45, 2.75) is 38.9 Å². The van der Waals surface area contributed by atoms with Crippen molar-refractivity contribution in [2.24, 2.45) is 0 Å². The van der Waals surface area contributed by atoms with Crippen molar-refractivity contribution in [1.29, 1.82) is 0 Å². The van der Waals surface area contributed by atoms with Crippen molar-refractivity contribution in [3.63, 3.8) is 0 Å². The zero-order chi connectivity index (χ0) is 15.3. The third kappa shape index (κ3) is 2.48. The molecule has 3 heterocycles. The van der Waals surface area contributed by atoms with Gasteiger partial charge in [-0.05, 0) is 33.8 Å². The first kappa shape index (κ1) is 14.6. The summed E-state index contributed by atoms with van der Waals surface area (Å²) in [6, 6.07) is 1.83. The van der Waals surface area contributed by atoms with Crippen LogP contribution in [-0.4, -0.2) is 32.9 Å². The van der Waals surface area contributed by atoms with Gasteiger partial charge in [-0.2, -0.15) is 0 Å². The molecule has 7 heteroatoms. The summed E-state index contributed by atoms with van der Waals surface area (Å²) in [5, 5.41) is 0.528. The van der Waals surface area contributed by atoms with E-state index in [1.807, 2.05) is 33.8 Å². The van der Waals surface area contributed by atoms with E-state index in [4.69, 9.17) is 20.9 Å². The van der Waals surface area contributed by atoms with Gasteiger partial charge in [-0.25, -0.2) is 9.97 Å². The average molecular weight is 306 g/mol. The summed E-state index contributed by atoms with van der Waals surface area (Å²) in [4.78, 5) is 8.38. The molecule has 0 aromatic carbocycles. The molecule has 2 aromatic rings. The van der Waals surface area contributed by atoms with E-state index >= 15 is 0 Å². The molecule has 1 aliphatic rings. The summed E-state index contributed by atoms with van der Waals surface area (Å²) in [7, 11) is -0.461. The Balaban J connectivity index is 1.90. The Morgan fingerprint density at radius 2 is 1.86 bits per heavy atom. The fraction of sp³-hybridized carbons (Fsp3) is 0.429. The minimum Gasteiger partial charge on any atom is -0.399 e. The molecule has 0 spiro atoms. The highest BCUT2D eigenvalue weighted by Gasteiger charge is 2.51. The van der Waals surface area contributed by atoms with E-state index in [-0.39, 0.29) is 11.2 Å². The zero-order valence-electron chi connectivity index (χ0n) is 12.5. The van der Waals surface area contributed by atoms with Crippen LogP contribution in [0.3, 0.4) is 0 Å². The first-order valence-electron chi connectivity index (χ1n) is 6.79. The zero-order valence-corrected chi connectivity index (χ0v) is 13.3. The summed E-state index contributed by atoms with van der Waals surface area (Å²) in [6.45, 7) is 8.06. The van der Waals surface area contributed by atoms with Gasteiger partial charge >= 0.3 is 7.12 Å². The van der Waals surface area contributed by atoms with Crippen LogP contribution in [0.2, 0.25) is 5.02 Å². The lowest BCUT2D eigenvalue weighted by molar-refractivity contribution is 0.00578. The van der Waals surface area contributed by atoms with Crippen molar-refractivity contribution in [1.82, 2.24) is 14.5 Å². The maximum absolute atomic E-state index is 6.32. The molecule has 5 nitrogen and oxygen atoms in total. The highest BCUT2D eigenvalue weighted by atomic mass is 35.5. The number of pyridine rings is 1. The number of nitrogens with zero attached hydrogens (tertiary/aromatic N) is 3. The fourth-order valence-electron chi connectivity index (χ4n) is 2.13. The highest BCUT2D eigenvalue weighted by molar-refractivity contribution is 6.62. The van der Waals surface area contributed by atoms with Gasteiger partial charge in [0, 0.05) is 24.1 Å². The molecule has 0 aliphatic carbocycles. The molecule has 3 rings (SSSR count). The van der Waals surface area contributed by atoms with Crippen LogP contribution < -0.4 is 5.46 Å². The normalized spacial score (nSPS) is 20.0. The Hall–Kier alpha value is -1.37. The van der Waals surface area contributed by atoms with Gasteiger partial charge in [-0.3, -0.25) is 4.57 Å². The van der Waals surface area contributed by atoms with Gasteiger partial charge in [0.05, 0.1) is 16.2 Å². The van der Waals surface area contributed by atoms with Gasteiger partial charge < -0.3 is 9.31 Å². The first-order chi connectivity index (χ1) is 9.80. The van der Waals surface area contributed by atoms with E-state index in [9.17, 15) is 0 Å². The SMILES string of the molecule is CC1(C)OB(c2cnc(-n3ccnc3)c(Cl)c2)OC1(C)C. The summed E-state index contributed by atoms with van der Waals surface area (Å²) in [6.07, 6.45) is 6.86. The molecule has 1 saturated heterocycles. The Kier molecular flexibility index (Phi) is 3.35. The molecule has 110 valence electrons. The predicted molar refractivity (Wildman–Crippen MR) is 82.1 cm³/mol. The van der Waals surface area contributed by atoms with Gasteiger partial charge in [0.2, 0.25) is 0 Å². The topological polar surface area (TPSA) is 49.2 Å². The number of aromatic nitrogens is 3. The van der Waals surface area contributed by atoms with E-state index < -0.39 is 7.12 Å². The van der Waals surface area contributed by atoms with Crippen LogP contribution in [-0.2, 0) is 9.31 Å². The third-order valence-electron chi connectivity index (χ3n) is 4.12. The van der Waals surface area contributed by atoms with Crippen LogP contribution in [0, 0.1) is 0 Å².